The van der Waals surface area contributed by atoms with Crippen molar-refractivity contribution in [3.63, 3.8) is 0 Å². The third-order valence-corrected chi connectivity index (χ3v) is 8.66. The standard InChI is InChI=1S/C28H27ClN2/c29-23-8-5-22(6-9-23)27-30-26-24-4-2-1-3-21(24)7-10-25(26)31(27)17-28-14-18-11-19(15-28)13-20(12-18)16-28/h1-10,18-20H,11-17H2. The van der Waals surface area contributed by atoms with Crippen LogP contribution in [0, 0.1) is 23.2 Å². The van der Waals surface area contributed by atoms with Gasteiger partial charge >= 0.3 is 0 Å². The minimum atomic E-state index is 0.454. The Morgan fingerprint density at radius 2 is 1.52 bits per heavy atom. The molecule has 4 aromatic rings. The van der Waals surface area contributed by atoms with E-state index in [-0.39, 0.29) is 0 Å². The van der Waals surface area contributed by atoms with Crippen molar-refractivity contribution in [2.24, 2.45) is 23.2 Å². The summed E-state index contributed by atoms with van der Waals surface area (Å²) in [7, 11) is 0. The highest BCUT2D eigenvalue weighted by Gasteiger charge is 2.51. The Morgan fingerprint density at radius 3 is 2.23 bits per heavy atom. The van der Waals surface area contributed by atoms with Gasteiger partial charge in [0.1, 0.15) is 5.82 Å². The van der Waals surface area contributed by atoms with Crippen LogP contribution in [0.1, 0.15) is 38.5 Å². The summed E-state index contributed by atoms with van der Waals surface area (Å²) >= 11 is 6.21. The van der Waals surface area contributed by atoms with E-state index in [0.717, 1.165) is 46.2 Å². The molecule has 8 rings (SSSR count). The number of fused-ring (bicyclic) bond motifs is 3. The van der Waals surface area contributed by atoms with Crippen molar-refractivity contribution in [3.05, 3.63) is 65.7 Å². The van der Waals surface area contributed by atoms with Gasteiger partial charge in [0.05, 0.1) is 11.0 Å². The monoisotopic (exact) mass is 426 g/mol. The molecule has 0 unspecified atom stereocenters. The van der Waals surface area contributed by atoms with Crippen LogP contribution < -0.4 is 0 Å². The lowest BCUT2D eigenvalue weighted by Crippen LogP contribution is -2.47. The topological polar surface area (TPSA) is 17.8 Å². The van der Waals surface area contributed by atoms with Crippen LogP contribution >= 0.6 is 11.6 Å². The summed E-state index contributed by atoms with van der Waals surface area (Å²) in [5.41, 5.74) is 4.02. The summed E-state index contributed by atoms with van der Waals surface area (Å²) in [4.78, 5) is 5.26. The van der Waals surface area contributed by atoms with Crippen molar-refractivity contribution in [3.8, 4) is 11.4 Å². The first-order valence-electron chi connectivity index (χ1n) is 11.8. The molecule has 0 atom stereocenters. The number of halogens is 1. The van der Waals surface area contributed by atoms with E-state index in [0.29, 0.717) is 5.41 Å². The fraction of sp³-hybridized carbons (Fsp3) is 0.393. The van der Waals surface area contributed by atoms with Gasteiger partial charge in [-0.05, 0) is 97.4 Å². The van der Waals surface area contributed by atoms with Gasteiger partial charge in [0.2, 0.25) is 0 Å². The van der Waals surface area contributed by atoms with Gasteiger partial charge in [0.15, 0.2) is 0 Å². The van der Waals surface area contributed by atoms with Crippen molar-refractivity contribution < 1.29 is 0 Å². The fourth-order valence-electron chi connectivity index (χ4n) is 7.66. The maximum absolute atomic E-state index is 6.21. The predicted molar refractivity (Wildman–Crippen MR) is 128 cm³/mol. The van der Waals surface area contributed by atoms with Crippen LogP contribution in [0.15, 0.2) is 60.7 Å². The Balaban J connectivity index is 1.43. The Hall–Kier alpha value is -2.32. The van der Waals surface area contributed by atoms with Gasteiger partial charge in [-0.3, -0.25) is 0 Å². The number of hydrogen-bond donors (Lipinski definition) is 0. The van der Waals surface area contributed by atoms with Crippen LogP contribution in [-0.2, 0) is 6.54 Å². The van der Waals surface area contributed by atoms with E-state index >= 15 is 0 Å². The summed E-state index contributed by atoms with van der Waals surface area (Å²) < 4.78 is 2.55. The SMILES string of the molecule is Clc1ccc(-c2nc3c4ccccc4ccc3n2CC23CC4CC(CC(C4)C2)C3)cc1. The molecule has 0 saturated heterocycles. The zero-order valence-electron chi connectivity index (χ0n) is 17.7. The number of nitrogens with zero attached hydrogens (tertiary/aromatic N) is 2. The summed E-state index contributed by atoms with van der Waals surface area (Å²) in [5.74, 6) is 3.97. The first kappa shape index (κ1) is 18.3. The number of rotatable bonds is 3. The van der Waals surface area contributed by atoms with E-state index in [9.17, 15) is 0 Å². The highest BCUT2D eigenvalue weighted by Crippen LogP contribution is 2.61. The lowest BCUT2D eigenvalue weighted by Gasteiger charge is -2.57. The molecule has 4 bridgehead atoms. The molecular weight excluding hydrogens is 400 g/mol. The second-order valence-corrected chi connectivity index (χ2v) is 11.0. The van der Waals surface area contributed by atoms with Gasteiger partial charge in [-0.15, -0.1) is 0 Å². The minimum Gasteiger partial charge on any atom is -0.323 e. The summed E-state index contributed by atoms with van der Waals surface area (Å²) in [6.45, 7) is 1.10. The predicted octanol–water partition coefficient (Wildman–Crippen LogP) is 7.73. The van der Waals surface area contributed by atoms with Crippen molar-refractivity contribution >= 4 is 33.4 Å². The normalized spacial score (nSPS) is 29.3. The lowest BCUT2D eigenvalue weighted by molar-refractivity contribution is -0.0611. The maximum Gasteiger partial charge on any atom is 0.141 e. The Kier molecular flexibility index (Phi) is 3.88. The average Bonchev–Trinajstić information content (AvgIpc) is 3.11. The van der Waals surface area contributed by atoms with Gasteiger partial charge in [0.25, 0.3) is 0 Å². The molecule has 4 aliphatic rings. The maximum atomic E-state index is 6.21. The van der Waals surface area contributed by atoms with Crippen LogP contribution in [-0.4, -0.2) is 9.55 Å². The molecule has 0 aliphatic heterocycles. The molecule has 0 radical (unpaired) electrons. The second kappa shape index (κ2) is 6.59. The quantitative estimate of drug-likeness (QED) is 0.327. The van der Waals surface area contributed by atoms with E-state index in [2.05, 4.69) is 53.1 Å². The number of aromatic nitrogens is 2. The van der Waals surface area contributed by atoms with Crippen LogP contribution in [0.25, 0.3) is 33.2 Å². The molecule has 3 aromatic carbocycles. The van der Waals surface area contributed by atoms with E-state index < -0.39 is 0 Å². The zero-order valence-corrected chi connectivity index (χ0v) is 18.5. The van der Waals surface area contributed by atoms with Crippen LogP contribution in [0.5, 0.6) is 0 Å². The van der Waals surface area contributed by atoms with E-state index in [1.807, 2.05) is 12.1 Å². The number of imidazole rings is 1. The Labute approximate surface area is 188 Å². The third-order valence-electron chi connectivity index (χ3n) is 8.40. The smallest absolute Gasteiger partial charge is 0.141 e. The van der Waals surface area contributed by atoms with E-state index in [4.69, 9.17) is 16.6 Å². The van der Waals surface area contributed by atoms with Gasteiger partial charge in [-0.2, -0.15) is 0 Å². The second-order valence-electron chi connectivity index (χ2n) is 10.6. The molecule has 31 heavy (non-hydrogen) atoms. The van der Waals surface area contributed by atoms with Crippen LogP contribution in [0.2, 0.25) is 5.02 Å². The first-order valence-corrected chi connectivity index (χ1v) is 12.2. The average molecular weight is 427 g/mol. The largest absolute Gasteiger partial charge is 0.323 e. The highest BCUT2D eigenvalue weighted by atomic mass is 35.5. The summed E-state index contributed by atoms with van der Waals surface area (Å²) in [5, 5.41) is 3.29. The molecule has 1 heterocycles. The molecule has 2 nitrogen and oxygen atoms in total. The molecule has 0 spiro atoms. The van der Waals surface area contributed by atoms with Gasteiger partial charge in [0, 0.05) is 22.5 Å². The lowest BCUT2D eigenvalue weighted by atomic mass is 9.49. The van der Waals surface area contributed by atoms with Gasteiger partial charge < -0.3 is 4.57 Å². The minimum absolute atomic E-state index is 0.454. The van der Waals surface area contributed by atoms with Crippen molar-refractivity contribution in [1.29, 1.82) is 0 Å². The molecule has 0 amide bonds. The van der Waals surface area contributed by atoms with Crippen molar-refractivity contribution in [2.45, 2.75) is 45.1 Å². The van der Waals surface area contributed by atoms with E-state index in [1.165, 1.54) is 54.8 Å². The van der Waals surface area contributed by atoms with Crippen LogP contribution in [0.4, 0.5) is 0 Å². The van der Waals surface area contributed by atoms with Crippen molar-refractivity contribution in [2.75, 3.05) is 0 Å². The fourth-order valence-corrected chi connectivity index (χ4v) is 7.78. The number of benzene rings is 3. The van der Waals surface area contributed by atoms with Gasteiger partial charge in [-0.25, -0.2) is 4.98 Å². The molecule has 0 N–H and O–H groups in total. The van der Waals surface area contributed by atoms with E-state index in [1.54, 1.807) is 0 Å². The summed E-state index contributed by atoms with van der Waals surface area (Å²) in [6, 6.07) is 21.4. The Bertz CT molecular complexity index is 1260. The third kappa shape index (κ3) is 2.88. The first-order chi connectivity index (χ1) is 15.2. The van der Waals surface area contributed by atoms with Gasteiger partial charge in [-0.1, -0.05) is 41.9 Å². The van der Waals surface area contributed by atoms with Crippen LogP contribution in [0.3, 0.4) is 0 Å². The Morgan fingerprint density at radius 1 is 0.839 bits per heavy atom. The molecule has 156 valence electrons. The zero-order chi connectivity index (χ0) is 20.6. The molecule has 3 heteroatoms. The summed E-state index contributed by atoms with van der Waals surface area (Å²) in [6.07, 6.45) is 8.68. The highest BCUT2D eigenvalue weighted by molar-refractivity contribution is 6.30. The number of hydrogen-bond acceptors (Lipinski definition) is 1. The molecule has 4 saturated carbocycles. The molecule has 1 aromatic heterocycles. The molecular formula is C28H27ClN2. The molecule has 4 aliphatic carbocycles. The molecule has 4 fully saturated rings. The van der Waals surface area contributed by atoms with Crippen molar-refractivity contribution in [1.82, 2.24) is 9.55 Å².